The zero-order valence-corrected chi connectivity index (χ0v) is 11.6. The van der Waals surface area contributed by atoms with Crippen LogP contribution >= 0.6 is 11.8 Å². The average Bonchev–Trinajstić information content (AvgIpc) is 2.42. The van der Waals surface area contributed by atoms with E-state index >= 15 is 0 Å². The van der Waals surface area contributed by atoms with Crippen LogP contribution in [0.4, 0.5) is 11.4 Å². The topological polar surface area (TPSA) is 92.5 Å². The monoisotopic (exact) mass is 293 g/mol. The standard InChI is InChI=1S/C13H15N3O3S/c14-11(17)8-20-6-5-13(19)16-7-12(18)15-9-3-1-2-4-10(9)16/h1-4H,5-8H2,(H2,14,17)(H,15,18). The van der Waals surface area contributed by atoms with Gasteiger partial charge in [0.1, 0.15) is 6.54 Å². The molecular formula is C13H15N3O3S. The lowest BCUT2D eigenvalue weighted by Gasteiger charge is -2.29. The quantitative estimate of drug-likeness (QED) is 0.777. The molecule has 1 aliphatic heterocycles. The van der Waals surface area contributed by atoms with Crippen molar-refractivity contribution in [1.82, 2.24) is 0 Å². The fraction of sp³-hybridized carbons (Fsp3) is 0.308. The molecule has 7 heteroatoms. The number of fused-ring (bicyclic) bond motifs is 1. The molecule has 1 aromatic rings. The Kier molecular flexibility index (Phi) is 4.62. The smallest absolute Gasteiger partial charge is 0.244 e. The summed E-state index contributed by atoms with van der Waals surface area (Å²) in [5, 5.41) is 2.73. The van der Waals surface area contributed by atoms with E-state index in [1.807, 2.05) is 6.07 Å². The molecule has 0 fully saturated rings. The third kappa shape index (κ3) is 3.51. The van der Waals surface area contributed by atoms with Gasteiger partial charge in [-0.05, 0) is 12.1 Å². The summed E-state index contributed by atoms with van der Waals surface area (Å²) < 4.78 is 0. The lowest BCUT2D eigenvalue weighted by Crippen LogP contribution is -2.42. The fourth-order valence-corrected chi connectivity index (χ4v) is 2.59. The van der Waals surface area contributed by atoms with E-state index in [1.54, 1.807) is 18.2 Å². The number of carbonyl (C=O) groups is 3. The number of carbonyl (C=O) groups excluding carboxylic acids is 3. The highest BCUT2D eigenvalue weighted by molar-refractivity contribution is 7.99. The molecule has 0 aromatic heterocycles. The first kappa shape index (κ1) is 14.4. The number of rotatable bonds is 5. The lowest BCUT2D eigenvalue weighted by molar-refractivity contribution is -0.121. The van der Waals surface area contributed by atoms with Crippen molar-refractivity contribution in [2.45, 2.75) is 6.42 Å². The van der Waals surface area contributed by atoms with Crippen molar-refractivity contribution in [2.75, 3.05) is 28.3 Å². The van der Waals surface area contributed by atoms with Crippen LogP contribution in [0, 0.1) is 0 Å². The van der Waals surface area contributed by atoms with Gasteiger partial charge in [0.2, 0.25) is 17.7 Å². The number of hydrogen-bond acceptors (Lipinski definition) is 4. The van der Waals surface area contributed by atoms with Crippen LogP contribution in [0.3, 0.4) is 0 Å². The maximum absolute atomic E-state index is 12.2. The molecule has 106 valence electrons. The van der Waals surface area contributed by atoms with Crippen molar-refractivity contribution in [2.24, 2.45) is 5.73 Å². The lowest BCUT2D eigenvalue weighted by atomic mass is 10.2. The Morgan fingerprint density at radius 3 is 2.85 bits per heavy atom. The Morgan fingerprint density at radius 2 is 2.10 bits per heavy atom. The Balaban J connectivity index is 1.99. The van der Waals surface area contributed by atoms with Crippen LogP contribution in [-0.2, 0) is 14.4 Å². The van der Waals surface area contributed by atoms with Gasteiger partial charge >= 0.3 is 0 Å². The van der Waals surface area contributed by atoms with Crippen molar-refractivity contribution in [1.29, 1.82) is 0 Å². The summed E-state index contributed by atoms with van der Waals surface area (Å²) in [6.45, 7) is 0.0241. The Hall–Kier alpha value is -2.02. The van der Waals surface area contributed by atoms with E-state index in [1.165, 1.54) is 16.7 Å². The van der Waals surface area contributed by atoms with Crippen molar-refractivity contribution in [3.8, 4) is 0 Å². The minimum atomic E-state index is -0.398. The van der Waals surface area contributed by atoms with Gasteiger partial charge in [0.15, 0.2) is 0 Å². The van der Waals surface area contributed by atoms with Crippen LogP contribution in [0.5, 0.6) is 0 Å². The minimum Gasteiger partial charge on any atom is -0.369 e. The maximum Gasteiger partial charge on any atom is 0.244 e. The maximum atomic E-state index is 12.2. The van der Waals surface area contributed by atoms with E-state index in [2.05, 4.69) is 5.32 Å². The first-order chi connectivity index (χ1) is 9.58. The molecule has 1 heterocycles. The molecular weight excluding hydrogens is 278 g/mol. The summed E-state index contributed by atoms with van der Waals surface area (Å²) >= 11 is 1.31. The Bertz CT molecular complexity index is 547. The molecule has 0 bridgehead atoms. The van der Waals surface area contributed by atoms with Gasteiger partial charge in [-0.25, -0.2) is 0 Å². The summed E-state index contributed by atoms with van der Waals surface area (Å²) in [5.41, 5.74) is 6.37. The van der Waals surface area contributed by atoms with Gasteiger partial charge in [-0.15, -0.1) is 0 Å². The predicted octanol–water partition coefficient (Wildman–Crippen LogP) is 0.580. The third-order valence-corrected chi connectivity index (χ3v) is 3.76. The molecule has 3 N–H and O–H groups in total. The van der Waals surface area contributed by atoms with Gasteiger partial charge < -0.3 is 16.0 Å². The van der Waals surface area contributed by atoms with E-state index in [0.717, 1.165) is 0 Å². The zero-order chi connectivity index (χ0) is 14.5. The summed E-state index contributed by atoms with van der Waals surface area (Å²) in [4.78, 5) is 35.8. The number of para-hydroxylation sites is 2. The van der Waals surface area contributed by atoms with Crippen LogP contribution in [0.1, 0.15) is 6.42 Å². The molecule has 0 spiro atoms. The molecule has 1 aromatic carbocycles. The van der Waals surface area contributed by atoms with Gasteiger partial charge in [0, 0.05) is 12.2 Å². The second-order valence-electron chi connectivity index (χ2n) is 4.31. The second-order valence-corrected chi connectivity index (χ2v) is 5.42. The normalized spacial score (nSPS) is 13.6. The molecule has 20 heavy (non-hydrogen) atoms. The van der Waals surface area contributed by atoms with Crippen molar-refractivity contribution < 1.29 is 14.4 Å². The van der Waals surface area contributed by atoms with Gasteiger partial charge in [0.05, 0.1) is 17.1 Å². The number of primary amides is 1. The molecule has 0 aliphatic carbocycles. The van der Waals surface area contributed by atoms with Crippen LogP contribution in [0.15, 0.2) is 24.3 Å². The van der Waals surface area contributed by atoms with Crippen LogP contribution < -0.4 is 16.0 Å². The summed E-state index contributed by atoms with van der Waals surface area (Å²) in [5.74, 6) is -0.0388. The molecule has 6 nitrogen and oxygen atoms in total. The summed E-state index contributed by atoms with van der Waals surface area (Å²) in [6.07, 6.45) is 0.263. The van der Waals surface area contributed by atoms with Crippen LogP contribution in [0.2, 0.25) is 0 Å². The van der Waals surface area contributed by atoms with Gasteiger partial charge in [0.25, 0.3) is 0 Å². The van der Waals surface area contributed by atoms with Crippen LogP contribution in [0.25, 0.3) is 0 Å². The average molecular weight is 293 g/mol. The Labute approximate surface area is 120 Å². The minimum absolute atomic E-state index is 0.0241. The summed E-state index contributed by atoms with van der Waals surface area (Å²) in [7, 11) is 0. The zero-order valence-electron chi connectivity index (χ0n) is 10.8. The highest BCUT2D eigenvalue weighted by Crippen LogP contribution is 2.29. The molecule has 0 radical (unpaired) electrons. The number of benzene rings is 1. The number of nitrogens with zero attached hydrogens (tertiary/aromatic N) is 1. The molecule has 0 unspecified atom stereocenters. The second kappa shape index (κ2) is 6.42. The number of hydrogen-bond donors (Lipinski definition) is 2. The van der Waals surface area contributed by atoms with Gasteiger partial charge in [-0.1, -0.05) is 12.1 Å². The van der Waals surface area contributed by atoms with Crippen molar-refractivity contribution in [3.05, 3.63) is 24.3 Å². The number of anilines is 2. The molecule has 0 saturated carbocycles. The molecule has 3 amide bonds. The van der Waals surface area contributed by atoms with E-state index in [0.29, 0.717) is 17.1 Å². The van der Waals surface area contributed by atoms with E-state index in [4.69, 9.17) is 5.73 Å². The van der Waals surface area contributed by atoms with E-state index in [9.17, 15) is 14.4 Å². The number of thioether (sulfide) groups is 1. The largest absolute Gasteiger partial charge is 0.369 e. The summed E-state index contributed by atoms with van der Waals surface area (Å²) in [6, 6.07) is 7.17. The highest BCUT2D eigenvalue weighted by atomic mass is 32.2. The van der Waals surface area contributed by atoms with Crippen molar-refractivity contribution in [3.63, 3.8) is 0 Å². The first-order valence-corrected chi connectivity index (χ1v) is 7.28. The van der Waals surface area contributed by atoms with Crippen molar-refractivity contribution >= 4 is 40.9 Å². The molecule has 0 saturated heterocycles. The van der Waals surface area contributed by atoms with E-state index < -0.39 is 5.91 Å². The third-order valence-electron chi connectivity index (χ3n) is 2.78. The SMILES string of the molecule is NC(=O)CSCCC(=O)N1CC(=O)Nc2ccccc21. The van der Waals surface area contributed by atoms with Crippen LogP contribution in [-0.4, -0.2) is 35.8 Å². The fourth-order valence-electron chi connectivity index (χ4n) is 1.92. The Morgan fingerprint density at radius 1 is 1.35 bits per heavy atom. The molecule has 2 rings (SSSR count). The first-order valence-electron chi connectivity index (χ1n) is 6.13. The van der Waals surface area contributed by atoms with E-state index in [-0.39, 0.29) is 30.5 Å². The number of nitrogens with one attached hydrogen (secondary N) is 1. The molecule has 1 aliphatic rings. The number of nitrogens with two attached hydrogens (primary N) is 1. The predicted molar refractivity (Wildman–Crippen MR) is 78.6 cm³/mol. The van der Waals surface area contributed by atoms with Gasteiger partial charge in [-0.3, -0.25) is 14.4 Å². The highest BCUT2D eigenvalue weighted by Gasteiger charge is 2.25. The van der Waals surface area contributed by atoms with Gasteiger partial charge in [-0.2, -0.15) is 11.8 Å². The molecule has 0 atom stereocenters. The number of amides is 3.